The fraction of sp³-hybridized carbons (Fsp3) is 0.125. The number of benzene rings is 2. The number of halogens is 1. The van der Waals surface area contributed by atoms with Crippen molar-refractivity contribution in [1.82, 2.24) is 5.32 Å². The van der Waals surface area contributed by atoms with Gasteiger partial charge in [0.15, 0.2) is 0 Å². The monoisotopic (exact) mass is 361 g/mol. The van der Waals surface area contributed by atoms with Crippen LogP contribution in [0.5, 0.6) is 0 Å². The predicted octanol–water partition coefficient (Wildman–Crippen LogP) is 2.86. The van der Waals surface area contributed by atoms with Gasteiger partial charge in [-0.05, 0) is 48.5 Å². The van der Waals surface area contributed by atoms with Crippen molar-refractivity contribution in [2.45, 2.75) is 0 Å². The summed E-state index contributed by atoms with van der Waals surface area (Å²) in [7, 11) is 1.58. The Bertz CT molecular complexity index is 654. The van der Waals surface area contributed by atoms with Gasteiger partial charge in [-0.1, -0.05) is 15.9 Å². The van der Waals surface area contributed by atoms with Crippen molar-refractivity contribution >= 4 is 39.1 Å². The minimum Gasteiger partial charge on any atom is -0.376 e. The van der Waals surface area contributed by atoms with Gasteiger partial charge in [0.05, 0.1) is 6.54 Å². The molecule has 0 saturated carbocycles. The topological polar surface area (TPSA) is 70.2 Å². The molecule has 0 aromatic heterocycles. The largest absolute Gasteiger partial charge is 0.376 e. The standard InChI is InChI=1S/C16H16BrN3O2/c1-18-16(22)11-2-6-14(7-3-11)20-15(21)10-19-13-8-4-12(17)5-9-13/h2-9,19H,10H2,1H3,(H,18,22)(H,20,21). The first-order valence-corrected chi connectivity index (χ1v) is 7.49. The summed E-state index contributed by atoms with van der Waals surface area (Å²) < 4.78 is 0.985. The second-order valence-corrected chi connectivity index (χ2v) is 5.48. The molecule has 0 radical (unpaired) electrons. The molecule has 3 N–H and O–H groups in total. The van der Waals surface area contributed by atoms with E-state index < -0.39 is 0 Å². The number of anilines is 2. The van der Waals surface area contributed by atoms with Crippen molar-refractivity contribution < 1.29 is 9.59 Å². The van der Waals surface area contributed by atoms with Crippen LogP contribution >= 0.6 is 15.9 Å². The molecule has 0 bridgehead atoms. The highest BCUT2D eigenvalue weighted by Crippen LogP contribution is 2.14. The van der Waals surface area contributed by atoms with E-state index in [0.717, 1.165) is 10.2 Å². The molecule has 114 valence electrons. The van der Waals surface area contributed by atoms with Crippen LogP contribution in [0.15, 0.2) is 53.0 Å². The maximum atomic E-state index is 11.9. The Morgan fingerprint density at radius 1 is 0.955 bits per heavy atom. The molecule has 2 aromatic rings. The van der Waals surface area contributed by atoms with Crippen molar-refractivity contribution in [3.8, 4) is 0 Å². The number of hydrogen-bond donors (Lipinski definition) is 3. The van der Waals surface area contributed by atoms with Crippen molar-refractivity contribution in [3.63, 3.8) is 0 Å². The zero-order chi connectivity index (χ0) is 15.9. The van der Waals surface area contributed by atoms with Crippen molar-refractivity contribution in [3.05, 3.63) is 58.6 Å². The van der Waals surface area contributed by atoms with Crippen LogP contribution in [0.4, 0.5) is 11.4 Å². The fourth-order valence-electron chi connectivity index (χ4n) is 1.80. The molecular formula is C16H16BrN3O2. The molecule has 5 nitrogen and oxygen atoms in total. The lowest BCUT2D eigenvalue weighted by Gasteiger charge is -2.08. The first-order valence-electron chi connectivity index (χ1n) is 6.70. The number of carbonyl (C=O) groups excluding carboxylic acids is 2. The van der Waals surface area contributed by atoms with E-state index in [1.54, 1.807) is 31.3 Å². The molecule has 0 fully saturated rings. The third-order valence-electron chi connectivity index (χ3n) is 2.96. The molecule has 2 amide bonds. The number of amides is 2. The van der Waals surface area contributed by atoms with Gasteiger partial charge in [-0.15, -0.1) is 0 Å². The molecule has 6 heteroatoms. The zero-order valence-corrected chi connectivity index (χ0v) is 13.6. The van der Waals surface area contributed by atoms with Gasteiger partial charge in [0.2, 0.25) is 5.91 Å². The van der Waals surface area contributed by atoms with Crippen LogP contribution in [0.1, 0.15) is 10.4 Å². The molecule has 0 aliphatic heterocycles. The van der Waals surface area contributed by atoms with E-state index in [1.807, 2.05) is 24.3 Å². The highest BCUT2D eigenvalue weighted by Gasteiger charge is 2.05. The van der Waals surface area contributed by atoms with Gasteiger partial charge in [-0.2, -0.15) is 0 Å². The molecule has 0 unspecified atom stereocenters. The Labute approximate surface area is 137 Å². The SMILES string of the molecule is CNC(=O)c1ccc(NC(=O)CNc2ccc(Br)cc2)cc1. The quantitative estimate of drug-likeness (QED) is 0.766. The molecule has 2 aromatic carbocycles. The minimum atomic E-state index is -0.158. The summed E-state index contributed by atoms with van der Waals surface area (Å²) >= 11 is 3.36. The van der Waals surface area contributed by atoms with Crippen molar-refractivity contribution in [1.29, 1.82) is 0 Å². The smallest absolute Gasteiger partial charge is 0.251 e. The lowest BCUT2D eigenvalue weighted by molar-refractivity contribution is -0.114. The Morgan fingerprint density at radius 2 is 1.55 bits per heavy atom. The fourth-order valence-corrected chi connectivity index (χ4v) is 2.07. The number of nitrogens with one attached hydrogen (secondary N) is 3. The molecule has 2 rings (SSSR count). The molecule has 22 heavy (non-hydrogen) atoms. The average molecular weight is 362 g/mol. The van der Waals surface area contributed by atoms with Crippen LogP contribution in [-0.2, 0) is 4.79 Å². The van der Waals surface area contributed by atoms with E-state index in [0.29, 0.717) is 11.3 Å². The first-order chi connectivity index (χ1) is 10.6. The number of rotatable bonds is 5. The van der Waals surface area contributed by atoms with Gasteiger partial charge in [0.1, 0.15) is 0 Å². The maximum absolute atomic E-state index is 11.9. The summed E-state index contributed by atoms with van der Waals surface area (Å²) in [6.07, 6.45) is 0. The molecule has 0 aliphatic carbocycles. The van der Waals surface area contributed by atoms with E-state index in [9.17, 15) is 9.59 Å². The zero-order valence-electron chi connectivity index (χ0n) is 12.0. The van der Waals surface area contributed by atoms with Crippen LogP contribution in [0.3, 0.4) is 0 Å². The molecule has 0 saturated heterocycles. The second kappa shape index (κ2) is 7.61. The summed E-state index contributed by atoms with van der Waals surface area (Å²) in [5, 5.41) is 8.34. The van der Waals surface area contributed by atoms with Gasteiger partial charge in [-0.3, -0.25) is 9.59 Å². The van der Waals surface area contributed by atoms with E-state index in [-0.39, 0.29) is 18.4 Å². The van der Waals surface area contributed by atoms with Gasteiger partial charge < -0.3 is 16.0 Å². The van der Waals surface area contributed by atoms with Gasteiger partial charge in [-0.25, -0.2) is 0 Å². The third-order valence-corrected chi connectivity index (χ3v) is 3.48. The maximum Gasteiger partial charge on any atom is 0.251 e. The lowest BCUT2D eigenvalue weighted by atomic mass is 10.2. The molecule has 0 atom stereocenters. The van der Waals surface area contributed by atoms with Gasteiger partial charge in [0.25, 0.3) is 5.91 Å². The van der Waals surface area contributed by atoms with Gasteiger partial charge >= 0.3 is 0 Å². The normalized spacial score (nSPS) is 9.91. The van der Waals surface area contributed by atoms with Crippen LogP contribution in [0.25, 0.3) is 0 Å². The van der Waals surface area contributed by atoms with Crippen LogP contribution in [0, 0.1) is 0 Å². The Balaban J connectivity index is 1.86. The summed E-state index contributed by atoms with van der Waals surface area (Å²) in [5.74, 6) is -0.314. The Morgan fingerprint density at radius 3 is 2.14 bits per heavy atom. The molecule has 0 aliphatic rings. The van der Waals surface area contributed by atoms with E-state index in [4.69, 9.17) is 0 Å². The average Bonchev–Trinajstić information content (AvgIpc) is 2.54. The van der Waals surface area contributed by atoms with E-state index in [2.05, 4.69) is 31.9 Å². The molecule has 0 spiro atoms. The highest BCUT2D eigenvalue weighted by molar-refractivity contribution is 9.10. The molecular weight excluding hydrogens is 346 g/mol. The number of carbonyl (C=O) groups is 2. The summed E-state index contributed by atoms with van der Waals surface area (Å²) in [6.45, 7) is 0.166. The second-order valence-electron chi connectivity index (χ2n) is 4.57. The Hall–Kier alpha value is -2.34. The predicted molar refractivity (Wildman–Crippen MR) is 91.1 cm³/mol. The van der Waals surface area contributed by atoms with Gasteiger partial charge in [0, 0.05) is 28.5 Å². The summed E-state index contributed by atoms with van der Waals surface area (Å²) in [5.41, 5.74) is 2.07. The van der Waals surface area contributed by atoms with Crippen LogP contribution in [0.2, 0.25) is 0 Å². The van der Waals surface area contributed by atoms with E-state index >= 15 is 0 Å². The van der Waals surface area contributed by atoms with E-state index in [1.165, 1.54) is 0 Å². The van der Waals surface area contributed by atoms with Crippen LogP contribution < -0.4 is 16.0 Å². The van der Waals surface area contributed by atoms with Crippen LogP contribution in [-0.4, -0.2) is 25.4 Å². The molecule has 0 heterocycles. The van der Waals surface area contributed by atoms with Crippen molar-refractivity contribution in [2.24, 2.45) is 0 Å². The Kier molecular flexibility index (Phi) is 5.55. The number of hydrogen-bond acceptors (Lipinski definition) is 3. The third kappa shape index (κ3) is 4.60. The van der Waals surface area contributed by atoms with Crippen molar-refractivity contribution in [2.75, 3.05) is 24.2 Å². The highest BCUT2D eigenvalue weighted by atomic mass is 79.9. The minimum absolute atomic E-state index is 0.157. The summed E-state index contributed by atoms with van der Waals surface area (Å²) in [6, 6.07) is 14.3. The lowest BCUT2D eigenvalue weighted by Crippen LogP contribution is -2.22. The first kappa shape index (κ1) is 16.0. The summed E-state index contributed by atoms with van der Waals surface area (Å²) in [4.78, 5) is 23.3.